The van der Waals surface area contributed by atoms with Crippen molar-refractivity contribution in [3.05, 3.63) is 72.0 Å². The number of aromatic nitrogens is 3. The monoisotopic (exact) mass is 508 g/mol. The lowest BCUT2D eigenvalue weighted by molar-refractivity contribution is 0.379. The molecule has 0 saturated carbocycles. The maximum Gasteiger partial charge on any atom is 0.213 e. The summed E-state index contributed by atoms with van der Waals surface area (Å²) >= 11 is 0. The van der Waals surface area contributed by atoms with E-state index in [0.29, 0.717) is 24.9 Å². The van der Waals surface area contributed by atoms with Crippen molar-refractivity contribution in [1.82, 2.24) is 25.2 Å². The highest BCUT2D eigenvalue weighted by molar-refractivity contribution is 14.0. The third-order valence-corrected chi connectivity index (χ3v) is 4.33. The van der Waals surface area contributed by atoms with Gasteiger partial charge in [-0.15, -0.1) is 24.0 Å². The van der Waals surface area contributed by atoms with Crippen molar-refractivity contribution in [1.29, 1.82) is 0 Å². The van der Waals surface area contributed by atoms with Crippen LogP contribution in [0.15, 0.2) is 58.6 Å². The van der Waals surface area contributed by atoms with Crippen molar-refractivity contribution >= 4 is 29.9 Å². The van der Waals surface area contributed by atoms with Crippen LogP contribution >= 0.6 is 24.0 Å². The van der Waals surface area contributed by atoms with Gasteiger partial charge in [0.2, 0.25) is 5.89 Å². The third kappa shape index (κ3) is 6.88. The molecule has 1 aromatic carbocycles. The Bertz CT molecular complexity index is 894. The van der Waals surface area contributed by atoms with Gasteiger partial charge < -0.3 is 19.6 Å². The Labute approximate surface area is 189 Å². The molecule has 0 bridgehead atoms. The number of hydrogen-bond acceptors (Lipinski definition) is 4. The summed E-state index contributed by atoms with van der Waals surface area (Å²) in [7, 11) is 1.75. The molecule has 156 valence electrons. The van der Waals surface area contributed by atoms with E-state index in [1.54, 1.807) is 19.4 Å². The van der Waals surface area contributed by atoms with Crippen LogP contribution in [-0.4, -0.2) is 27.5 Å². The lowest BCUT2D eigenvalue weighted by atomic mass is 9.94. The zero-order valence-corrected chi connectivity index (χ0v) is 19.7. The number of aliphatic imine (C=N–C) groups is 1. The van der Waals surface area contributed by atoms with E-state index < -0.39 is 0 Å². The fourth-order valence-electron chi connectivity index (χ4n) is 2.66. The number of benzene rings is 1. The largest absolute Gasteiger partial charge is 0.443 e. The lowest BCUT2D eigenvalue weighted by Gasteiger charge is -2.13. The van der Waals surface area contributed by atoms with Crippen molar-refractivity contribution < 1.29 is 4.42 Å². The van der Waals surface area contributed by atoms with Gasteiger partial charge in [0.1, 0.15) is 5.76 Å². The normalized spacial score (nSPS) is 11.8. The van der Waals surface area contributed by atoms with Gasteiger partial charge in [0.15, 0.2) is 5.96 Å². The molecule has 0 aliphatic carbocycles. The molecule has 2 N–H and O–H groups in total. The van der Waals surface area contributed by atoms with Gasteiger partial charge in [-0.1, -0.05) is 45.0 Å². The summed E-state index contributed by atoms with van der Waals surface area (Å²) in [4.78, 5) is 12.7. The van der Waals surface area contributed by atoms with E-state index in [2.05, 4.69) is 70.6 Å². The minimum atomic E-state index is -0.0464. The molecule has 0 unspecified atom stereocenters. The molecule has 0 radical (unpaired) electrons. The molecule has 3 aromatic rings. The molecule has 0 atom stereocenters. The molecule has 7 nitrogen and oxygen atoms in total. The van der Waals surface area contributed by atoms with Crippen LogP contribution in [0.5, 0.6) is 0 Å². The van der Waals surface area contributed by atoms with Crippen LogP contribution in [0.3, 0.4) is 0 Å². The minimum absolute atomic E-state index is 0. The van der Waals surface area contributed by atoms with Crippen molar-refractivity contribution in [2.75, 3.05) is 7.05 Å². The van der Waals surface area contributed by atoms with Crippen molar-refractivity contribution in [3.63, 3.8) is 0 Å². The molecule has 8 heteroatoms. The molecule has 2 heterocycles. The maximum absolute atomic E-state index is 5.80. The van der Waals surface area contributed by atoms with Crippen LogP contribution < -0.4 is 10.6 Å². The first-order valence-corrected chi connectivity index (χ1v) is 9.37. The van der Waals surface area contributed by atoms with Crippen molar-refractivity contribution in [3.8, 4) is 0 Å². The van der Waals surface area contributed by atoms with E-state index in [1.165, 1.54) is 11.1 Å². The van der Waals surface area contributed by atoms with E-state index in [9.17, 15) is 0 Å². The smallest absolute Gasteiger partial charge is 0.213 e. The van der Waals surface area contributed by atoms with E-state index in [-0.39, 0.29) is 29.4 Å². The molecule has 0 aliphatic rings. The first-order chi connectivity index (χ1) is 13.4. The number of nitrogens with one attached hydrogen (secondary N) is 2. The van der Waals surface area contributed by atoms with Crippen molar-refractivity contribution in [2.45, 2.75) is 45.8 Å². The molecule has 3 rings (SSSR count). The molecular weight excluding hydrogens is 479 g/mol. The highest BCUT2D eigenvalue weighted by Crippen LogP contribution is 2.22. The molecule has 0 spiro atoms. The first kappa shape index (κ1) is 22.9. The van der Waals surface area contributed by atoms with Gasteiger partial charge in [-0.3, -0.25) is 4.99 Å². The molecular formula is C21H29IN6O. The number of nitrogens with zero attached hydrogens (tertiary/aromatic N) is 4. The van der Waals surface area contributed by atoms with Gasteiger partial charge in [-0.2, -0.15) is 0 Å². The Balaban J connectivity index is 0.00000300. The summed E-state index contributed by atoms with van der Waals surface area (Å²) in [5.74, 6) is 2.23. The number of hydrogen-bond donors (Lipinski definition) is 2. The minimum Gasteiger partial charge on any atom is -0.443 e. The summed E-state index contributed by atoms with van der Waals surface area (Å²) in [5.41, 5.74) is 2.38. The Morgan fingerprint density at radius 3 is 2.38 bits per heavy atom. The van der Waals surface area contributed by atoms with Crippen LogP contribution in [0, 0.1) is 0 Å². The predicted molar refractivity (Wildman–Crippen MR) is 125 cm³/mol. The molecule has 29 heavy (non-hydrogen) atoms. The predicted octanol–water partition coefficient (Wildman–Crippen LogP) is 3.70. The van der Waals surface area contributed by atoms with Gasteiger partial charge in [0, 0.05) is 37.9 Å². The van der Waals surface area contributed by atoms with Gasteiger partial charge in [0.25, 0.3) is 0 Å². The van der Waals surface area contributed by atoms with Crippen LogP contribution in [0.1, 0.15) is 43.5 Å². The zero-order chi connectivity index (χ0) is 20.0. The highest BCUT2D eigenvalue weighted by Gasteiger charge is 2.19. The van der Waals surface area contributed by atoms with Crippen LogP contribution in [-0.2, 0) is 25.0 Å². The lowest BCUT2D eigenvalue weighted by Crippen LogP contribution is -2.36. The maximum atomic E-state index is 5.80. The Hall–Kier alpha value is -2.36. The standard InChI is InChI=1S/C21H28N6O.HI/c1-21(2,3)18-12-24-19(28-18)13-26-20(22-4)25-11-16-5-7-17(8-6-16)14-27-10-9-23-15-27;/h5-10,12,15H,11,13-14H2,1-4H3,(H2,22,25,26);1H. The van der Waals surface area contributed by atoms with Crippen molar-refractivity contribution in [2.24, 2.45) is 4.99 Å². The summed E-state index contributed by atoms with van der Waals surface area (Å²) in [6.45, 7) is 8.30. The number of halogens is 1. The van der Waals surface area contributed by atoms with Gasteiger partial charge in [0.05, 0.1) is 19.1 Å². The van der Waals surface area contributed by atoms with Gasteiger partial charge in [-0.05, 0) is 11.1 Å². The van der Waals surface area contributed by atoms with Crippen LogP contribution in [0.2, 0.25) is 0 Å². The fourth-order valence-corrected chi connectivity index (χ4v) is 2.66. The second kappa shape index (κ2) is 10.4. The SMILES string of the molecule is CN=C(NCc1ccc(Cn2ccnc2)cc1)NCc1ncc(C(C)(C)C)o1.I. The van der Waals surface area contributed by atoms with Gasteiger partial charge in [-0.25, -0.2) is 9.97 Å². The number of oxazole rings is 1. The van der Waals surface area contributed by atoms with Crippen LogP contribution in [0.25, 0.3) is 0 Å². The number of rotatable bonds is 6. The van der Waals surface area contributed by atoms with E-state index in [0.717, 1.165) is 12.3 Å². The van der Waals surface area contributed by atoms with E-state index in [4.69, 9.17) is 4.42 Å². The molecule has 0 saturated heterocycles. The summed E-state index contributed by atoms with van der Waals surface area (Å²) in [6.07, 6.45) is 7.37. The quantitative estimate of drug-likeness (QED) is 0.302. The molecule has 0 amide bonds. The number of imidazole rings is 1. The average molecular weight is 508 g/mol. The summed E-state index contributed by atoms with van der Waals surface area (Å²) in [5, 5.41) is 6.55. The Morgan fingerprint density at radius 1 is 1.10 bits per heavy atom. The van der Waals surface area contributed by atoms with E-state index in [1.807, 2.05) is 17.1 Å². The van der Waals surface area contributed by atoms with Gasteiger partial charge >= 0.3 is 0 Å². The molecule has 0 fully saturated rings. The second-order valence-corrected chi connectivity index (χ2v) is 7.70. The van der Waals surface area contributed by atoms with Crippen LogP contribution in [0.4, 0.5) is 0 Å². The Morgan fingerprint density at radius 2 is 1.79 bits per heavy atom. The Kier molecular flexibility index (Phi) is 8.24. The molecule has 2 aromatic heterocycles. The summed E-state index contributed by atoms with van der Waals surface area (Å²) < 4.78 is 7.85. The topological polar surface area (TPSA) is 80.3 Å². The molecule has 0 aliphatic heterocycles. The number of guanidine groups is 1. The zero-order valence-electron chi connectivity index (χ0n) is 17.3. The fraction of sp³-hybridized carbons (Fsp3) is 0.381. The summed E-state index contributed by atoms with van der Waals surface area (Å²) in [6, 6.07) is 8.51. The second-order valence-electron chi connectivity index (χ2n) is 7.70. The average Bonchev–Trinajstić information content (AvgIpc) is 3.35. The van der Waals surface area contributed by atoms with E-state index >= 15 is 0 Å². The third-order valence-electron chi connectivity index (χ3n) is 4.33. The first-order valence-electron chi connectivity index (χ1n) is 9.37. The highest BCUT2D eigenvalue weighted by atomic mass is 127.